The average molecular weight is 490 g/mol. The Morgan fingerprint density at radius 3 is 2.24 bits per heavy atom. The lowest BCUT2D eigenvalue weighted by Crippen LogP contribution is -2.21. The molecule has 0 spiro atoms. The number of carbonyl (C=O) groups is 1. The highest BCUT2D eigenvalue weighted by Crippen LogP contribution is 2.26. The summed E-state index contributed by atoms with van der Waals surface area (Å²) in [6.45, 7) is 0. The van der Waals surface area contributed by atoms with Gasteiger partial charge in [-0.05, 0) is 29.3 Å². The number of alkyl halides is 3. The van der Waals surface area contributed by atoms with Gasteiger partial charge in [0.15, 0.2) is 15.7 Å². The van der Waals surface area contributed by atoms with Crippen LogP contribution in [0.1, 0.15) is 0 Å². The number of carboxylic acids is 1. The van der Waals surface area contributed by atoms with Crippen molar-refractivity contribution in [1.29, 1.82) is 0 Å². The number of aromatic amines is 1. The Hall–Kier alpha value is -4.06. The summed E-state index contributed by atoms with van der Waals surface area (Å²) in [6, 6.07) is 15.2. The zero-order chi connectivity index (χ0) is 24.9. The number of pyridine rings is 2. The molecule has 0 saturated heterocycles. The number of benzene rings is 1. The zero-order valence-corrected chi connectivity index (χ0v) is 18.3. The smallest absolute Gasteiger partial charge is 0.475 e. The minimum absolute atomic E-state index is 0.183. The Morgan fingerprint density at radius 1 is 0.941 bits per heavy atom. The molecule has 0 radical (unpaired) electrons. The SMILES string of the molecule is CS(=O)(=O)c1cncc(-c2ccnc(-c3ncc(-c4ccccc4)[nH]3)c2)c1.O=C(O)C(F)(F)F. The molecule has 3 aromatic heterocycles. The van der Waals surface area contributed by atoms with E-state index in [0.717, 1.165) is 16.8 Å². The highest BCUT2D eigenvalue weighted by molar-refractivity contribution is 7.90. The monoisotopic (exact) mass is 490 g/mol. The fourth-order valence-electron chi connectivity index (χ4n) is 2.73. The molecule has 0 atom stereocenters. The zero-order valence-electron chi connectivity index (χ0n) is 17.5. The molecule has 0 unspecified atom stereocenters. The van der Waals surface area contributed by atoms with Crippen LogP contribution in [0, 0.1) is 0 Å². The van der Waals surface area contributed by atoms with Crippen LogP contribution in [0.15, 0.2) is 78.2 Å². The molecule has 0 fully saturated rings. The van der Waals surface area contributed by atoms with Crippen molar-refractivity contribution < 1.29 is 31.5 Å². The van der Waals surface area contributed by atoms with Crippen molar-refractivity contribution in [2.75, 3.05) is 6.26 Å². The van der Waals surface area contributed by atoms with Crippen LogP contribution in [-0.2, 0) is 14.6 Å². The van der Waals surface area contributed by atoms with Gasteiger partial charge in [-0.2, -0.15) is 13.2 Å². The predicted molar refractivity (Wildman–Crippen MR) is 117 cm³/mol. The van der Waals surface area contributed by atoms with Gasteiger partial charge in [0.05, 0.1) is 16.8 Å². The summed E-state index contributed by atoms with van der Waals surface area (Å²) in [5, 5.41) is 7.12. The number of hydrogen-bond acceptors (Lipinski definition) is 6. The van der Waals surface area contributed by atoms with Crippen molar-refractivity contribution in [2.24, 2.45) is 0 Å². The molecule has 2 N–H and O–H groups in total. The highest BCUT2D eigenvalue weighted by atomic mass is 32.2. The van der Waals surface area contributed by atoms with E-state index in [2.05, 4.69) is 19.9 Å². The van der Waals surface area contributed by atoms with Gasteiger partial charge in [-0.1, -0.05) is 30.3 Å². The molecule has 0 aliphatic rings. The van der Waals surface area contributed by atoms with E-state index < -0.39 is 22.0 Å². The fraction of sp³-hybridized carbons (Fsp3) is 0.0909. The fourth-order valence-corrected chi connectivity index (χ4v) is 3.33. The van der Waals surface area contributed by atoms with Crippen LogP contribution in [0.3, 0.4) is 0 Å². The number of nitrogens with one attached hydrogen (secondary N) is 1. The summed E-state index contributed by atoms with van der Waals surface area (Å²) in [5.74, 6) is -2.12. The van der Waals surface area contributed by atoms with Gasteiger partial charge in [-0.3, -0.25) is 9.97 Å². The molecule has 4 rings (SSSR count). The number of carboxylic acid groups (broad SMARTS) is 1. The number of imidazole rings is 1. The normalized spacial score (nSPS) is 11.4. The van der Waals surface area contributed by atoms with Crippen molar-refractivity contribution in [3.8, 4) is 33.9 Å². The number of sulfone groups is 1. The summed E-state index contributed by atoms with van der Waals surface area (Å²) >= 11 is 0. The van der Waals surface area contributed by atoms with Gasteiger partial charge in [-0.25, -0.2) is 18.2 Å². The molecule has 12 heteroatoms. The van der Waals surface area contributed by atoms with Gasteiger partial charge >= 0.3 is 12.1 Å². The molecular weight excluding hydrogens is 473 g/mol. The first-order valence-electron chi connectivity index (χ1n) is 9.47. The Bertz CT molecular complexity index is 1400. The van der Waals surface area contributed by atoms with E-state index >= 15 is 0 Å². The first-order valence-corrected chi connectivity index (χ1v) is 11.4. The molecule has 0 bridgehead atoms. The molecule has 8 nitrogen and oxygen atoms in total. The Labute approximate surface area is 192 Å². The third kappa shape index (κ3) is 6.25. The van der Waals surface area contributed by atoms with Crippen LogP contribution in [0.4, 0.5) is 13.2 Å². The minimum Gasteiger partial charge on any atom is -0.475 e. The van der Waals surface area contributed by atoms with E-state index in [9.17, 15) is 21.6 Å². The number of aromatic nitrogens is 4. The number of rotatable bonds is 4. The molecule has 1 aromatic carbocycles. The van der Waals surface area contributed by atoms with Gasteiger partial charge in [0.25, 0.3) is 0 Å². The number of aliphatic carboxylic acids is 1. The van der Waals surface area contributed by atoms with Crippen LogP contribution >= 0.6 is 0 Å². The van der Waals surface area contributed by atoms with Gasteiger partial charge in [0, 0.05) is 30.4 Å². The Morgan fingerprint density at radius 2 is 1.62 bits per heavy atom. The lowest BCUT2D eigenvalue weighted by atomic mass is 10.1. The van der Waals surface area contributed by atoms with Crippen LogP contribution in [0.25, 0.3) is 33.9 Å². The van der Waals surface area contributed by atoms with Crippen LogP contribution in [-0.4, -0.2) is 51.9 Å². The second-order valence-electron chi connectivity index (χ2n) is 6.93. The number of nitrogens with zero attached hydrogens (tertiary/aromatic N) is 3. The van der Waals surface area contributed by atoms with Crippen LogP contribution in [0.2, 0.25) is 0 Å². The topological polar surface area (TPSA) is 126 Å². The maximum absolute atomic E-state index is 11.8. The lowest BCUT2D eigenvalue weighted by molar-refractivity contribution is -0.192. The van der Waals surface area contributed by atoms with Gasteiger partial charge < -0.3 is 10.1 Å². The van der Waals surface area contributed by atoms with E-state index in [-0.39, 0.29) is 4.90 Å². The molecule has 34 heavy (non-hydrogen) atoms. The van der Waals surface area contributed by atoms with E-state index in [4.69, 9.17) is 9.90 Å². The van der Waals surface area contributed by atoms with Crippen molar-refractivity contribution in [2.45, 2.75) is 11.1 Å². The molecular formula is C22H17F3N4O4S. The molecule has 0 saturated carbocycles. The first-order chi connectivity index (χ1) is 15.9. The number of hydrogen-bond donors (Lipinski definition) is 2. The van der Waals surface area contributed by atoms with Crippen molar-refractivity contribution in [1.82, 2.24) is 19.9 Å². The van der Waals surface area contributed by atoms with Crippen LogP contribution in [0.5, 0.6) is 0 Å². The van der Waals surface area contributed by atoms with E-state index in [1.807, 2.05) is 42.5 Å². The third-order valence-corrected chi connectivity index (χ3v) is 5.46. The molecule has 3 heterocycles. The molecule has 0 aliphatic heterocycles. The molecule has 0 aliphatic carbocycles. The van der Waals surface area contributed by atoms with Crippen LogP contribution < -0.4 is 0 Å². The Balaban J connectivity index is 0.000000406. The molecule has 0 amide bonds. The number of H-pyrrole nitrogens is 1. The van der Waals surface area contributed by atoms with Crippen molar-refractivity contribution in [3.63, 3.8) is 0 Å². The first kappa shape index (κ1) is 24.6. The summed E-state index contributed by atoms with van der Waals surface area (Å²) < 4.78 is 55.3. The van der Waals surface area contributed by atoms with Crippen molar-refractivity contribution >= 4 is 15.8 Å². The summed E-state index contributed by atoms with van der Waals surface area (Å²) in [7, 11) is -3.32. The molecule has 176 valence electrons. The summed E-state index contributed by atoms with van der Waals surface area (Å²) in [5.41, 5.74) is 4.13. The second-order valence-corrected chi connectivity index (χ2v) is 8.94. The largest absolute Gasteiger partial charge is 0.490 e. The number of halogens is 3. The van der Waals surface area contributed by atoms with E-state index in [0.29, 0.717) is 17.1 Å². The van der Waals surface area contributed by atoms with Crippen molar-refractivity contribution in [3.05, 3.63) is 73.3 Å². The standard InChI is InChI=1S/C20H16N4O2S.C2HF3O2/c1-27(25,26)17-9-16(11-21-12-17)15-7-8-22-18(10-15)20-23-13-19(24-20)14-5-3-2-4-6-14;3-2(4,5)1(6)7/h2-13H,1H3,(H,23,24);(H,6,7). The second kappa shape index (κ2) is 9.83. The quantitative estimate of drug-likeness (QED) is 0.438. The maximum Gasteiger partial charge on any atom is 0.490 e. The van der Waals surface area contributed by atoms with Gasteiger partial charge in [0.2, 0.25) is 0 Å². The van der Waals surface area contributed by atoms with Gasteiger partial charge in [-0.15, -0.1) is 0 Å². The maximum atomic E-state index is 11.8. The van der Waals surface area contributed by atoms with E-state index in [1.54, 1.807) is 24.7 Å². The van der Waals surface area contributed by atoms with Gasteiger partial charge in [0.1, 0.15) is 5.69 Å². The minimum atomic E-state index is -5.08. The predicted octanol–water partition coefficient (Wildman–Crippen LogP) is 4.24. The summed E-state index contributed by atoms with van der Waals surface area (Å²) in [6.07, 6.45) is 2.50. The third-order valence-electron chi connectivity index (χ3n) is 4.38. The van der Waals surface area contributed by atoms with E-state index in [1.165, 1.54) is 12.5 Å². The lowest BCUT2D eigenvalue weighted by Gasteiger charge is -2.05. The molecule has 4 aromatic rings. The highest BCUT2D eigenvalue weighted by Gasteiger charge is 2.38. The Kier molecular flexibility index (Phi) is 7.11. The summed E-state index contributed by atoms with van der Waals surface area (Å²) in [4.78, 5) is 25.2. The average Bonchev–Trinajstić information content (AvgIpc) is 3.30.